The van der Waals surface area contributed by atoms with E-state index in [0.29, 0.717) is 0 Å². The highest BCUT2D eigenvalue weighted by Gasteiger charge is 2.74. The number of Topliss-reactive ketones (excluding diaryl/α,β-unsaturated/α-hetero) is 1. The van der Waals surface area contributed by atoms with E-state index in [4.69, 9.17) is 0 Å². The first-order valence-corrected chi connectivity index (χ1v) is 9.66. The molecule has 1 fully saturated rings. The molecular weight excluding hydrogens is 450 g/mol. The van der Waals surface area contributed by atoms with Crippen molar-refractivity contribution in [3.63, 3.8) is 0 Å². The number of aliphatic hydroxyl groups is 1. The molecule has 2 aromatic rings. The Balaban J connectivity index is 2.44. The highest BCUT2D eigenvalue weighted by Crippen LogP contribution is 2.63. The average Bonchev–Trinajstić information content (AvgIpc) is 2.78. The predicted molar refractivity (Wildman–Crippen MR) is 102 cm³/mol. The van der Waals surface area contributed by atoms with E-state index in [2.05, 4.69) is 0 Å². The molecule has 33 heavy (non-hydrogen) atoms. The fraction of sp³-hybridized carbons (Fsp3) is 0.348. The number of alkyl halides is 6. The van der Waals surface area contributed by atoms with Crippen molar-refractivity contribution in [2.45, 2.75) is 36.2 Å². The van der Waals surface area contributed by atoms with Gasteiger partial charge in [-0.25, -0.2) is 0 Å². The van der Waals surface area contributed by atoms with Gasteiger partial charge in [0, 0.05) is 11.8 Å². The van der Waals surface area contributed by atoms with Crippen LogP contribution in [0.4, 0.5) is 26.3 Å². The van der Waals surface area contributed by atoms with Crippen LogP contribution >= 0.6 is 0 Å². The molecule has 0 heterocycles. The van der Waals surface area contributed by atoms with Gasteiger partial charge in [0.2, 0.25) is 5.78 Å². The fourth-order valence-corrected chi connectivity index (χ4v) is 4.69. The van der Waals surface area contributed by atoms with Gasteiger partial charge in [0.15, 0.2) is 11.0 Å². The molecule has 10 heteroatoms. The van der Waals surface area contributed by atoms with E-state index in [1.165, 1.54) is 48.5 Å². The Bertz CT molecular complexity index is 1090. The Morgan fingerprint density at radius 1 is 0.879 bits per heavy atom. The van der Waals surface area contributed by atoms with Gasteiger partial charge in [0.1, 0.15) is 0 Å². The Labute approximate surface area is 184 Å². The van der Waals surface area contributed by atoms with Crippen molar-refractivity contribution < 1.29 is 36.2 Å². The quantitative estimate of drug-likeness (QED) is 0.643. The van der Waals surface area contributed by atoms with E-state index in [1.807, 2.05) is 0 Å². The van der Waals surface area contributed by atoms with Gasteiger partial charge >= 0.3 is 12.4 Å². The van der Waals surface area contributed by atoms with Crippen LogP contribution < -0.4 is 0 Å². The molecule has 0 aliphatic heterocycles. The van der Waals surface area contributed by atoms with Crippen LogP contribution in [0.3, 0.4) is 0 Å². The lowest BCUT2D eigenvalue weighted by Crippen LogP contribution is -2.65. The Morgan fingerprint density at radius 2 is 1.33 bits per heavy atom. The van der Waals surface area contributed by atoms with Gasteiger partial charge in [-0.15, -0.1) is 0 Å². The number of hydrogen-bond donors (Lipinski definition) is 1. The summed E-state index contributed by atoms with van der Waals surface area (Å²) in [5, 5.41) is 30.9. The van der Waals surface area contributed by atoms with Crippen LogP contribution in [0, 0.1) is 34.0 Å². The standard InChI is InChI=1S/C23H16F6N2O2/c24-22(25,26)19(32)18-17(15-9-5-2-6-10-15)20(12-30,13-31)16(14-7-3-1-4-8-14)11-21(18,33)23(27,28)29/h1-10,16-18,33H,11H2/t16-,17+,18+,21+/m0/s1. The van der Waals surface area contributed by atoms with Crippen LogP contribution in [0.1, 0.15) is 29.4 Å². The lowest BCUT2D eigenvalue weighted by molar-refractivity contribution is -0.298. The Kier molecular flexibility index (Phi) is 6.03. The van der Waals surface area contributed by atoms with E-state index in [1.54, 1.807) is 12.1 Å². The second-order valence-corrected chi connectivity index (χ2v) is 7.91. The lowest BCUT2D eigenvalue weighted by Gasteiger charge is -2.53. The number of carbonyl (C=O) groups excluding carboxylic acids is 1. The molecule has 1 N–H and O–H groups in total. The second kappa shape index (κ2) is 8.20. The Hall–Kier alpha value is -3.37. The number of nitriles is 2. The third-order valence-electron chi connectivity index (χ3n) is 6.19. The number of hydrogen-bond acceptors (Lipinski definition) is 4. The van der Waals surface area contributed by atoms with E-state index in [9.17, 15) is 46.8 Å². The summed E-state index contributed by atoms with van der Waals surface area (Å²) in [6.07, 6.45) is -12.9. The maximum absolute atomic E-state index is 14.2. The van der Waals surface area contributed by atoms with Crippen molar-refractivity contribution in [3.05, 3.63) is 71.8 Å². The number of benzene rings is 2. The number of nitrogens with zero attached hydrogens (tertiary/aromatic N) is 2. The summed E-state index contributed by atoms with van der Waals surface area (Å²) in [5.41, 5.74) is -6.91. The van der Waals surface area contributed by atoms with Crippen molar-refractivity contribution >= 4 is 5.78 Å². The molecule has 2 aromatic carbocycles. The fourth-order valence-electron chi connectivity index (χ4n) is 4.69. The molecule has 0 radical (unpaired) electrons. The van der Waals surface area contributed by atoms with Crippen LogP contribution in [0.2, 0.25) is 0 Å². The first kappa shape index (κ1) is 24.3. The molecule has 0 saturated heterocycles. The monoisotopic (exact) mass is 466 g/mol. The first-order chi connectivity index (χ1) is 15.3. The third-order valence-corrected chi connectivity index (χ3v) is 6.19. The maximum Gasteiger partial charge on any atom is 0.450 e. The molecular formula is C23H16F6N2O2. The minimum atomic E-state index is -5.76. The zero-order chi connectivity index (χ0) is 24.7. The van der Waals surface area contributed by atoms with E-state index in [0.717, 1.165) is 12.1 Å². The molecule has 172 valence electrons. The largest absolute Gasteiger partial charge is 0.450 e. The summed E-state index contributed by atoms with van der Waals surface area (Å²) in [5.74, 6) is -9.90. The normalized spacial score (nSPS) is 27.2. The van der Waals surface area contributed by atoms with Gasteiger partial charge in [-0.2, -0.15) is 36.9 Å². The first-order valence-electron chi connectivity index (χ1n) is 9.66. The van der Waals surface area contributed by atoms with Gasteiger partial charge in [0.25, 0.3) is 0 Å². The Morgan fingerprint density at radius 3 is 1.73 bits per heavy atom. The van der Waals surface area contributed by atoms with Gasteiger partial charge < -0.3 is 5.11 Å². The second-order valence-electron chi connectivity index (χ2n) is 7.91. The third kappa shape index (κ3) is 3.85. The average molecular weight is 466 g/mol. The van der Waals surface area contributed by atoms with Crippen molar-refractivity contribution in [2.75, 3.05) is 0 Å². The minimum Gasteiger partial charge on any atom is -0.380 e. The minimum absolute atomic E-state index is 0.0436. The molecule has 0 bridgehead atoms. The van der Waals surface area contributed by atoms with Gasteiger partial charge in [-0.3, -0.25) is 4.79 Å². The molecule has 0 aromatic heterocycles. The summed E-state index contributed by atoms with van der Waals surface area (Å²) < 4.78 is 83.3. The predicted octanol–water partition coefficient (Wildman–Crippen LogP) is 5.03. The van der Waals surface area contributed by atoms with Crippen LogP contribution in [0.25, 0.3) is 0 Å². The summed E-state index contributed by atoms with van der Waals surface area (Å²) in [6, 6.07) is 16.5. The summed E-state index contributed by atoms with van der Waals surface area (Å²) in [6.45, 7) is 0. The van der Waals surface area contributed by atoms with Gasteiger partial charge in [-0.1, -0.05) is 60.7 Å². The van der Waals surface area contributed by atoms with E-state index in [-0.39, 0.29) is 11.1 Å². The molecule has 0 spiro atoms. The lowest BCUT2D eigenvalue weighted by atomic mass is 9.49. The SMILES string of the molecule is N#CC1(C#N)[C@H](c2ccccc2)[C@H](C(=O)C(F)(F)F)[C@@](O)(C(F)(F)F)C[C@H]1c1ccccc1. The number of carbonyl (C=O) groups is 1. The molecule has 0 amide bonds. The van der Waals surface area contributed by atoms with Crippen molar-refractivity contribution in [2.24, 2.45) is 11.3 Å². The molecule has 1 aliphatic carbocycles. The molecule has 1 saturated carbocycles. The zero-order valence-corrected chi connectivity index (χ0v) is 16.7. The number of rotatable bonds is 3. The van der Waals surface area contributed by atoms with Crippen LogP contribution in [-0.2, 0) is 4.79 Å². The van der Waals surface area contributed by atoms with Crippen molar-refractivity contribution in [1.29, 1.82) is 10.5 Å². The van der Waals surface area contributed by atoms with Crippen LogP contribution in [0.15, 0.2) is 60.7 Å². The van der Waals surface area contributed by atoms with E-state index >= 15 is 0 Å². The topological polar surface area (TPSA) is 84.9 Å². The smallest absolute Gasteiger partial charge is 0.380 e. The summed E-state index contributed by atoms with van der Waals surface area (Å²) in [7, 11) is 0. The van der Waals surface area contributed by atoms with Crippen LogP contribution in [-0.4, -0.2) is 28.8 Å². The zero-order valence-electron chi connectivity index (χ0n) is 16.7. The highest BCUT2D eigenvalue weighted by atomic mass is 19.4. The van der Waals surface area contributed by atoms with Gasteiger partial charge in [-0.05, 0) is 17.5 Å². The highest BCUT2D eigenvalue weighted by molar-refractivity contribution is 5.89. The molecule has 4 atom stereocenters. The molecule has 1 aliphatic rings. The molecule has 3 rings (SSSR count). The number of halogens is 6. The number of ketones is 1. The molecule has 4 nitrogen and oxygen atoms in total. The summed E-state index contributed by atoms with van der Waals surface area (Å²) >= 11 is 0. The van der Waals surface area contributed by atoms with Gasteiger partial charge in [0.05, 0.1) is 18.1 Å². The van der Waals surface area contributed by atoms with Crippen LogP contribution in [0.5, 0.6) is 0 Å². The van der Waals surface area contributed by atoms with Crippen molar-refractivity contribution in [1.82, 2.24) is 0 Å². The molecule has 0 unspecified atom stereocenters. The summed E-state index contributed by atoms with van der Waals surface area (Å²) in [4.78, 5) is 12.4. The van der Waals surface area contributed by atoms with Crippen molar-refractivity contribution in [3.8, 4) is 12.1 Å². The maximum atomic E-state index is 14.2. The van der Waals surface area contributed by atoms with E-state index < -0.39 is 53.3 Å².